The molecule has 1 amide bonds. The van der Waals surface area contributed by atoms with Crippen LogP contribution in [0.5, 0.6) is 0 Å². The molecule has 1 fully saturated rings. The van der Waals surface area contributed by atoms with Crippen LogP contribution in [-0.4, -0.2) is 21.8 Å². The molecule has 5 heteroatoms. The first-order valence-electron chi connectivity index (χ1n) is 4.96. The second kappa shape index (κ2) is 4.22. The van der Waals surface area contributed by atoms with Crippen LogP contribution < -0.4 is 5.32 Å². The summed E-state index contributed by atoms with van der Waals surface area (Å²) in [5.74, 6) is -0.0431. The average Bonchev–Trinajstić information content (AvgIpc) is 2.58. The van der Waals surface area contributed by atoms with Crippen molar-refractivity contribution in [1.29, 1.82) is 0 Å². The van der Waals surface area contributed by atoms with Crippen molar-refractivity contribution in [1.82, 2.24) is 10.3 Å². The van der Waals surface area contributed by atoms with Gasteiger partial charge in [-0.3, -0.25) is 4.79 Å². The predicted molar refractivity (Wildman–Crippen MR) is 64.7 cm³/mol. The van der Waals surface area contributed by atoms with Gasteiger partial charge < -0.3 is 5.32 Å². The molecule has 1 aromatic rings. The van der Waals surface area contributed by atoms with E-state index in [0.717, 1.165) is 23.2 Å². The molecular formula is C10H13BrN2OS. The summed E-state index contributed by atoms with van der Waals surface area (Å²) in [5.41, 5.74) is 0.527. The Morgan fingerprint density at radius 1 is 1.73 bits per heavy atom. The molecule has 3 nitrogen and oxygen atoms in total. The summed E-state index contributed by atoms with van der Waals surface area (Å²) in [6.07, 6.45) is 3.32. The van der Waals surface area contributed by atoms with Crippen molar-refractivity contribution in [3.8, 4) is 0 Å². The van der Waals surface area contributed by atoms with Gasteiger partial charge in [-0.05, 0) is 26.2 Å². The van der Waals surface area contributed by atoms with Crippen LogP contribution in [0.2, 0.25) is 0 Å². The molecule has 0 atom stereocenters. The lowest BCUT2D eigenvalue weighted by Gasteiger charge is -2.41. The topological polar surface area (TPSA) is 42.0 Å². The van der Waals surface area contributed by atoms with Crippen LogP contribution in [0.3, 0.4) is 0 Å². The van der Waals surface area contributed by atoms with Gasteiger partial charge in [0, 0.05) is 10.7 Å². The predicted octanol–water partition coefficient (Wildman–Crippen LogP) is 2.50. The first kappa shape index (κ1) is 11.1. The quantitative estimate of drug-likeness (QED) is 0.869. The number of hydrogen-bond acceptors (Lipinski definition) is 3. The molecule has 0 unspecified atom stereocenters. The smallest absolute Gasteiger partial charge is 0.271 e. The third-order valence-electron chi connectivity index (χ3n) is 2.80. The zero-order valence-corrected chi connectivity index (χ0v) is 10.9. The van der Waals surface area contributed by atoms with E-state index in [9.17, 15) is 4.79 Å². The summed E-state index contributed by atoms with van der Waals surface area (Å²) in [7, 11) is 0. The minimum absolute atomic E-state index is 0.0192. The van der Waals surface area contributed by atoms with E-state index in [2.05, 4.69) is 26.2 Å². The summed E-state index contributed by atoms with van der Waals surface area (Å²) in [4.78, 5) is 16.0. The van der Waals surface area contributed by atoms with Crippen molar-refractivity contribution in [2.75, 3.05) is 5.33 Å². The number of thiazole rings is 1. The first-order chi connectivity index (χ1) is 7.15. The molecule has 1 saturated carbocycles. The van der Waals surface area contributed by atoms with Gasteiger partial charge in [-0.2, -0.15) is 0 Å². The summed E-state index contributed by atoms with van der Waals surface area (Å²) >= 11 is 4.97. The Kier molecular flexibility index (Phi) is 3.11. The first-order valence-corrected chi connectivity index (χ1v) is 6.96. The molecule has 15 heavy (non-hydrogen) atoms. The molecule has 0 spiro atoms. The van der Waals surface area contributed by atoms with Crippen molar-refractivity contribution in [2.45, 2.75) is 31.7 Å². The third kappa shape index (κ3) is 2.23. The Hall–Kier alpha value is -0.420. The Bertz CT molecular complexity index is 368. The highest BCUT2D eigenvalue weighted by Gasteiger charge is 2.37. The second-order valence-corrected chi connectivity index (χ2v) is 5.60. The molecule has 1 heterocycles. The molecule has 2 rings (SSSR count). The Balaban J connectivity index is 2.03. The molecule has 0 bridgehead atoms. The maximum atomic E-state index is 11.8. The van der Waals surface area contributed by atoms with E-state index in [1.165, 1.54) is 17.8 Å². The van der Waals surface area contributed by atoms with Crippen LogP contribution >= 0.6 is 27.3 Å². The fourth-order valence-electron chi connectivity index (χ4n) is 1.67. The van der Waals surface area contributed by atoms with Gasteiger partial charge in [-0.1, -0.05) is 15.9 Å². The standard InChI is InChI=1S/C10H13BrN2OS/c1-7-12-8(5-15-7)9(14)13-10(6-11)3-2-4-10/h5H,2-4,6H2,1H3,(H,13,14). The maximum Gasteiger partial charge on any atom is 0.271 e. The number of aryl methyl sites for hydroxylation is 1. The molecule has 1 aliphatic rings. The van der Waals surface area contributed by atoms with Crippen LogP contribution in [0.4, 0.5) is 0 Å². The number of halogens is 1. The minimum atomic E-state index is -0.0431. The second-order valence-electron chi connectivity index (χ2n) is 3.97. The van der Waals surface area contributed by atoms with Crippen molar-refractivity contribution < 1.29 is 4.79 Å². The fraction of sp³-hybridized carbons (Fsp3) is 0.600. The number of amides is 1. The number of hydrogen-bond donors (Lipinski definition) is 1. The number of carbonyl (C=O) groups excluding carboxylic acids is 1. The summed E-state index contributed by atoms with van der Waals surface area (Å²) in [6.45, 7) is 1.91. The van der Waals surface area contributed by atoms with Gasteiger partial charge >= 0.3 is 0 Å². The number of aromatic nitrogens is 1. The zero-order valence-electron chi connectivity index (χ0n) is 8.55. The maximum absolute atomic E-state index is 11.8. The van der Waals surface area contributed by atoms with Crippen molar-refractivity contribution in [3.63, 3.8) is 0 Å². The van der Waals surface area contributed by atoms with Crippen molar-refractivity contribution in [3.05, 3.63) is 16.1 Å². The molecule has 0 aromatic carbocycles. The SMILES string of the molecule is Cc1nc(C(=O)NC2(CBr)CCC2)cs1. The van der Waals surface area contributed by atoms with E-state index in [1.807, 2.05) is 12.3 Å². The monoisotopic (exact) mass is 288 g/mol. The lowest BCUT2D eigenvalue weighted by Crippen LogP contribution is -2.54. The van der Waals surface area contributed by atoms with Gasteiger partial charge in [-0.25, -0.2) is 4.98 Å². The number of nitrogens with one attached hydrogen (secondary N) is 1. The summed E-state index contributed by atoms with van der Waals surface area (Å²) in [5, 5.41) is 6.64. The van der Waals surface area contributed by atoms with Crippen molar-refractivity contribution >= 4 is 33.2 Å². The molecule has 82 valence electrons. The highest BCUT2D eigenvalue weighted by Crippen LogP contribution is 2.33. The van der Waals surface area contributed by atoms with E-state index < -0.39 is 0 Å². The van der Waals surface area contributed by atoms with E-state index >= 15 is 0 Å². The van der Waals surface area contributed by atoms with E-state index in [1.54, 1.807) is 0 Å². The summed E-state index contributed by atoms with van der Waals surface area (Å²) < 4.78 is 0. The molecule has 0 aliphatic heterocycles. The molecule has 0 saturated heterocycles. The van der Waals surface area contributed by atoms with E-state index in [4.69, 9.17) is 0 Å². The van der Waals surface area contributed by atoms with Crippen LogP contribution in [0, 0.1) is 6.92 Å². The van der Waals surface area contributed by atoms with Gasteiger partial charge in [0.15, 0.2) is 0 Å². The molecule has 1 aromatic heterocycles. The molecule has 1 N–H and O–H groups in total. The number of rotatable bonds is 3. The summed E-state index contributed by atoms with van der Waals surface area (Å²) in [6, 6.07) is 0. The van der Waals surface area contributed by atoms with Gasteiger partial charge in [0.1, 0.15) is 5.69 Å². The van der Waals surface area contributed by atoms with Crippen LogP contribution in [0.15, 0.2) is 5.38 Å². The minimum Gasteiger partial charge on any atom is -0.344 e. The van der Waals surface area contributed by atoms with Gasteiger partial charge in [0.25, 0.3) is 5.91 Å². The van der Waals surface area contributed by atoms with Crippen LogP contribution in [-0.2, 0) is 0 Å². The fourth-order valence-corrected chi connectivity index (χ4v) is 2.96. The van der Waals surface area contributed by atoms with Gasteiger partial charge in [0.2, 0.25) is 0 Å². The Morgan fingerprint density at radius 3 is 2.87 bits per heavy atom. The zero-order chi connectivity index (χ0) is 10.9. The highest BCUT2D eigenvalue weighted by molar-refractivity contribution is 9.09. The molecule has 1 aliphatic carbocycles. The number of alkyl halides is 1. The number of nitrogens with zero attached hydrogens (tertiary/aromatic N) is 1. The largest absolute Gasteiger partial charge is 0.344 e. The molecule has 0 radical (unpaired) electrons. The van der Waals surface area contributed by atoms with E-state index in [0.29, 0.717) is 5.69 Å². The van der Waals surface area contributed by atoms with E-state index in [-0.39, 0.29) is 11.4 Å². The Labute approximate surface area is 101 Å². The van der Waals surface area contributed by atoms with Crippen LogP contribution in [0.1, 0.15) is 34.8 Å². The van der Waals surface area contributed by atoms with Crippen LogP contribution in [0.25, 0.3) is 0 Å². The van der Waals surface area contributed by atoms with Crippen molar-refractivity contribution in [2.24, 2.45) is 0 Å². The Morgan fingerprint density at radius 2 is 2.47 bits per heavy atom. The third-order valence-corrected chi connectivity index (χ3v) is 4.64. The average molecular weight is 289 g/mol. The normalized spacial score (nSPS) is 18.3. The molecular weight excluding hydrogens is 276 g/mol. The highest BCUT2D eigenvalue weighted by atomic mass is 79.9. The lowest BCUT2D eigenvalue weighted by atomic mass is 9.78. The lowest BCUT2D eigenvalue weighted by molar-refractivity contribution is 0.0852. The van der Waals surface area contributed by atoms with Gasteiger partial charge in [0.05, 0.1) is 10.5 Å². The number of carbonyl (C=O) groups is 1. The van der Waals surface area contributed by atoms with Gasteiger partial charge in [-0.15, -0.1) is 11.3 Å².